The van der Waals surface area contributed by atoms with Crippen LogP contribution < -0.4 is 15.0 Å². The number of benzene rings is 2. The summed E-state index contributed by atoms with van der Waals surface area (Å²) in [5.41, 5.74) is 2.55. The first-order valence-electron chi connectivity index (χ1n) is 8.96. The van der Waals surface area contributed by atoms with Crippen LogP contribution in [0.5, 0.6) is 5.75 Å². The van der Waals surface area contributed by atoms with Crippen LogP contribution in [-0.2, 0) is 9.59 Å². The van der Waals surface area contributed by atoms with Crippen LogP contribution in [0.1, 0.15) is 38.2 Å². The van der Waals surface area contributed by atoms with Crippen LogP contribution in [0.4, 0.5) is 11.4 Å². The van der Waals surface area contributed by atoms with E-state index >= 15 is 0 Å². The highest BCUT2D eigenvalue weighted by atomic mass is 16.5. The Kier molecular flexibility index (Phi) is 5.56. The monoisotopic (exact) mass is 352 g/mol. The Labute approximate surface area is 154 Å². The fraction of sp³-hybridized carbons (Fsp3) is 0.333. The van der Waals surface area contributed by atoms with Crippen LogP contribution in [0.2, 0.25) is 0 Å². The fourth-order valence-electron chi connectivity index (χ4n) is 3.10. The molecule has 0 bridgehead atoms. The number of anilines is 2. The summed E-state index contributed by atoms with van der Waals surface area (Å²) in [4.78, 5) is 25.9. The van der Waals surface area contributed by atoms with E-state index in [0.29, 0.717) is 18.0 Å². The molecular formula is C21H24N2O3. The van der Waals surface area contributed by atoms with E-state index in [4.69, 9.17) is 4.74 Å². The van der Waals surface area contributed by atoms with E-state index in [1.807, 2.05) is 48.5 Å². The number of amides is 2. The average Bonchev–Trinajstić information content (AvgIpc) is 3.06. The maximum Gasteiger partial charge on any atom is 0.262 e. The number of carbonyl (C=O) groups is 2. The molecule has 0 saturated carbocycles. The van der Waals surface area contributed by atoms with Crippen LogP contribution in [0.25, 0.3) is 0 Å². The van der Waals surface area contributed by atoms with Gasteiger partial charge in [-0.05, 0) is 42.2 Å². The highest BCUT2D eigenvalue weighted by molar-refractivity contribution is 5.97. The molecule has 2 aromatic rings. The molecule has 0 unspecified atom stereocenters. The van der Waals surface area contributed by atoms with Crippen molar-refractivity contribution in [1.82, 2.24) is 0 Å². The molecule has 0 radical (unpaired) electrons. The minimum atomic E-state index is -0.228. The van der Waals surface area contributed by atoms with Gasteiger partial charge in [-0.2, -0.15) is 0 Å². The summed E-state index contributed by atoms with van der Waals surface area (Å²) < 4.78 is 5.70. The summed E-state index contributed by atoms with van der Waals surface area (Å²) in [6.07, 6.45) is 1.46. The lowest BCUT2D eigenvalue weighted by atomic mass is 10.0. The molecule has 5 heteroatoms. The topological polar surface area (TPSA) is 58.6 Å². The summed E-state index contributed by atoms with van der Waals surface area (Å²) in [7, 11) is 0. The predicted molar refractivity (Wildman–Crippen MR) is 103 cm³/mol. The van der Waals surface area contributed by atoms with E-state index in [0.717, 1.165) is 30.0 Å². The molecule has 1 aliphatic heterocycles. The second kappa shape index (κ2) is 8.04. The molecule has 3 rings (SSSR count). The molecule has 2 amide bonds. The summed E-state index contributed by atoms with van der Waals surface area (Å²) in [6.45, 7) is 4.85. The lowest BCUT2D eigenvalue weighted by Crippen LogP contribution is -2.24. The summed E-state index contributed by atoms with van der Waals surface area (Å²) in [6, 6.07) is 15.1. The van der Waals surface area contributed by atoms with Crippen LogP contribution in [-0.4, -0.2) is 25.0 Å². The van der Waals surface area contributed by atoms with Gasteiger partial charge in [0, 0.05) is 24.3 Å². The van der Waals surface area contributed by atoms with Crippen molar-refractivity contribution in [2.45, 2.75) is 32.6 Å². The number of nitrogens with one attached hydrogen (secondary N) is 1. The van der Waals surface area contributed by atoms with Gasteiger partial charge >= 0.3 is 0 Å². The minimum Gasteiger partial charge on any atom is -0.483 e. The number of para-hydroxylation sites is 1. The van der Waals surface area contributed by atoms with E-state index < -0.39 is 0 Å². The van der Waals surface area contributed by atoms with E-state index in [1.54, 1.807) is 4.90 Å². The second-order valence-electron chi connectivity index (χ2n) is 6.73. The zero-order valence-electron chi connectivity index (χ0n) is 15.2. The van der Waals surface area contributed by atoms with Crippen molar-refractivity contribution in [3.05, 3.63) is 54.1 Å². The summed E-state index contributed by atoms with van der Waals surface area (Å²) in [5, 5.41) is 2.84. The van der Waals surface area contributed by atoms with Crippen molar-refractivity contribution < 1.29 is 14.3 Å². The molecule has 0 aliphatic carbocycles. The molecule has 2 aromatic carbocycles. The van der Waals surface area contributed by atoms with Crippen molar-refractivity contribution in [1.29, 1.82) is 0 Å². The molecule has 0 aromatic heterocycles. The molecule has 1 fully saturated rings. The van der Waals surface area contributed by atoms with Crippen LogP contribution in [0.15, 0.2) is 48.5 Å². The van der Waals surface area contributed by atoms with Gasteiger partial charge in [-0.15, -0.1) is 0 Å². The first-order chi connectivity index (χ1) is 12.5. The first kappa shape index (κ1) is 18.0. The number of hydrogen-bond donors (Lipinski definition) is 1. The Balaban J connectivity index is 1.61. The Morgan fingerprint density at radius 2 is 2.00 bits per heavy atom. The van der Waals surface area contributed by atoms with Crippen LogP contribution in [0.3, 0.4) is 0 Å². The smallest absolute Gasteiger partial charge is 0.262 e. The van der Waals surface area contributed by atoms with Crippen molar-refractivity contribution in [2.75, 3.05) is 23.4 Å². The van der Waals surface area contributed by atoms with Gasteiger partial charge in [-0.25, -0.2) is 0 Å². The van der Waals surface area contributed by atoms with Crippen molar-refractivity contribution in [2.24, 2.45) is 0 Å². The Bertz CT molecular complexity index is 801. The van der Waals surface area contributed by atoms with Crippen molar-refractivity contribution >= 4 is 23.2 Å². The van der Waals surface area contributed by atoms with E-state index in [9.17, 15) is 9.59 Å². The van der Waals surface area contributed by atoms with E-state index in [1.165, 1.54) is 0 Å². The number of carbonyl (C=O) groups excluding carboxylic acids is 2. The molecule has 26 heavy (non-hydrogen) atoms. The Morgan fingerprint density at radius 1 is 1.19 bits per heavy atom. The van der Waals surface area contributed by atoms with Crippen molar-refractivity contribution in [3.63, 3.8) is 0 Å². The normalized spacial score (nSPS) is 14.0. The lowest BCUT2D eigenvalue weighted by Gasteiger charge is -2.17. The molecule has 0 atom stereocenters. The van der Waals surface area contributed by atoms with Crippen molar-refractivity contribution in [3.8, 4) is 5.75 Å². The zero-order chi connectivity index (χ0) is 18.5. The minimum absolute atomic E-state index is 0.0589. The second-order valence-corrected chi connectivity index (χ2v) is 6.73. The Hall–Kier alpha value is -2.82. The quantitative estimate of drug-likeness (QED) is 0.856. The highest BCUT2D eigenvalue weighted by Crippen LogP contribution is 2.26. The van der Waals surface area contributed by atoms with Gasteiger partial charge in [-0.1, -0.05) is 38.1 Å². The number of hydrogen-bond acceptors (Lipinski definition) is 3. The van der Waals surface area contributed by atoms with E-state index in [2.05, 4.69) is 19.2 Å². The average molecular weight is 352 g/mol. The molecule has 1 aliphatic rings. The van der Waals surface area contributed by atoms with Gasteiger partial charge in [0.1, 0.15) is 5.75 Å². The highest BCUT2D eigenvalue weighted by Gasteiger charge is 2.21. The fourth-order valence-corrected chi connectivity index (χ4v) is 3.10. The van der Waals surface area contributed by atoms with Gasteiger partial charge in [0.15, 0.2) is 6.61 Å². The number of rotatable bonds is 6. The largest absolute Gasteiger partial charge is 0.483 e. The van der Waals surface area contributed by atoms with Crippen LogP contribution >= 0.6 is 0 Å². The Morgan fingerprint density at radius 3 is 2.73 bits per heavy atom. The molecule has 5 nitrogen and oxygen atoms in total. The third-order valence-electron chi connectivity index (χ3n) is 4.41. The molecule has 136 valence electrons. The third-order valence-corrected chi connectivity index (χ3v) is 4.41. The van der Waals surface area contributed by atoms with E-state index in [-0.39, 0.29) is 18.4 Å². The molecule has 1 saturated heterocycles. The number of ether oxygens (including phenoxy) is 1. The lowest BCUT2D eigenvalue weighted by molar-refractivity contribution is -0.118. The summed E-state index contributed by atoms with van der Waals surface area (Å²) >= 11 is 0. The SMILES string of the molecule is CC(C)c1ccccc1OCC(=O)Nc1cccc(N2CCCC2=O)c1. The van der Waals surface area contributed by atoms with Gasteiger partial charge in [0.05, 0.1) is 0 Å². The van der Waals surface area contributed by atoms with Gasteiger partial charge in [0.25, 0.3) is 5.91 Å². The zero-order valence-corrected chi connectivity index (χ0v) is 15.2. The van der Waals surface area contributed by atoms with Crippen LogP contribution in [0, 0.1) is 0 Å². The third kappa shape index (κ3) is 4.23. The van der Waals surface area contributed by atoms with Gasteiger partial charge in [-0.3, -0.25) is 9.59 Å². The van der Waals surface area contributed by atoms with Gasteiger partial charge in [0.2, 0.25) is 5.91 Å². The maximum atomic E-state index is 12.2. The summed E-state index contributed by atoms with van der Waals surface area (Å²) in [5.74, 6) is 0.952. The molecule has 1 heterocycles. The standard InChI is InChI=1S/C21H24N2O3/c1-15(2)18-9-3-4-10-19(18)26-14-20(24)22-16-7-5-8-17(13-16)23-12-6-11-21(23)25/h3-5,7-10,13,15H,6,11-12,14H2,1-2H3,(H,22,24). The molecular weight excluding hydrogens is 328 g/mol. The molecule has 0 spiro atoms. The molecule has 1 N–H and O–H groups in total. The predicted octanol–water partition coefficient (Wildman–Crippen LogP) is 3.95. The first-order valence-corrected chi connectivity index (χ1v) is 8.96. The maximum absolute atomic E-state index is 12.2. The van der Waals surface area contributed by atoms with Gasteiger partial charge < -0.3 is 15.0 Å². The number of nitrogens with zero attached hydrogens (tertiary/aromatic N) is 1.